The second-order valence-corrected chi connectivity index (χ2v) is 8.75. The summed E-state index contributed by atoms with van der Waals surface area (Å²) in [6.45, 7) is 4.29. The molecule has 1 amide bonds. The number of para-hydroxylation sites is 1. The highest BCUT2D eigenvalue weighted by Gasteiger charge is 2.18. The van der Waals surface area contributed by atoms with Gasteiger partial charge in [0, 0.05) is 47.2 Å². The first-order valence-corrected chi connectivity index (χ1v) is 12.1. The van der Waals surface area contributed by atoms with E-state index in [1.54, 1.807) is 45.6 Å². The van der Waals surface area contributed by atoms with Gasteiger partial charge in [0.1, 0.15) is 23.0 Å². The number of hydrogen-bond donors (Lipinski definition) is 1. The van der Waals surface area contributed by atoms with Crippen molar-refractivity contribution in [3.05, 3.63) is 95.9 Å². The first-order chi connectivity index (χ1) is 17.9. The van der Waals surface area contributed by atoms with Gasteiger partial charge in [-0.1, -0.05) is 18.2 Å². The third kappa shape index (κ3) is 5.89. The SMILES string of the molecule is COc1cc(OC)c(Cc2ccc(C(=O)Nc3ccc(N(c4ccccc4)C(C)C)cc3)o2)c(OC)c1. The van der Waals surface area contributed by atoms with Crippen LogP contribution >= 0.6 is 0 Å². The molecule has 1 heterocycles. The van der Waals surface area contributed by atoms with Gasteiger partial charge in [-0.3, -0.25) is 4.79 Å². The fourth-order valence-corrected chi connectivity index (χ4v) is 4.25. The maximum absolute atomic E-state index is 12.9. The van der Waals surface area contributed by atoms with Crippen molar-refractivity contribution in [2.75, 3.05) is 31.5 Å². The summed E-state index contributed by atoms with van der Waals surface area (Å²) in [5.74, 6) is 2.37. The lowest BCUT2D eigenvalue weighted by atomic mass is 10.1. The molecule has 0 saturated heterocycles. The molecule has 1 aromatic heterocycles. The van der Waals surface area contributed by atoms with Crippen LogP contribution in [0.1, 0.15) is 35.7 Å². The standard InChI is InChI=1S/C30H32N2O5/c1-20(2)32(22-9-7-6-8-10-22)23-13-11-21(12-14-23)31-30(33)27-16-15-24(37-27)17-26-28(35-4)18-25(34-3)19-29(26)36-5/h6-16,18-20H,17H2,1-5H3,(H,31,33). The van der Waals surface area contributed by atoms with Crippen molar-refractivity contribution < 1.29 is 23.4 Å². The van der Waals surface area contributed by atoms with E-state index in [0.717, 1.165) is 16.9 Å². The Kier molecular flexibility index (Phi) is 8.03. The predicted octanol–water partition coefficient (Wildman–Crippen LogP) is 6.70. The van der Waals surface area contributed by atoms with Crippen LogP contribution in [-0.4, -0.2) is 33.3 Å². The van der Waals surface area contributed by atoms with Crippen molar-refractivity contribution in [2.45, 2.75) is 26.3 Å². The van der Waals surface area contributed by atoms with Crippen LogP contribution in [0.4, 0.5) is 17.1 Å². The Hall–Kier alpha value is -4.39. The van der Waals surface area contributed by atoms with Gasteiger partial charge in [-0.05, 0) is 62.4 Å². The Bertz CT molecular complexity index is 1300. The average Bonchev–Trinajstić information content (AvgIpc) is 3.39. The fourth-order valence-electron chi connectivity index (χ4n) is 4.25. The smallest absolute Gasteiger partial charge is 0.291 e. The Labute approximate surface area is 217 Å². The third-order valence-corrected chi connectivity index (χ3v) is 6.01. The van der Waals surface area contributed by atoms with E-state index >= 15 is 0 Å². The normalized spacial score (nSPS) is 10.8. The molecule has 0 bridgehead atoms. The zero-order chi connectivity index (χ0) is 26.4. The van der Waals surface area contributed by atoms with Crippen molar-refractivity contribution >= 4 is 23.0 Å². The number of amides is 1. The van der Waals surface area contributed by atoms with Gasteiger partial charge < -0.3 is 28.8 Å². The molecule has 4 aromatic rings. The monoisotopic (exact) mass is 500 g/mol. The van der Waals surface area contributed by atoms with Crippen LogP contribution in [0.5, 0.6) is 17.2 Å². The van der Waals surface area contributed by atoms with Crippen molar-refractivity contribution in [3.63, 3.8) is 0 Å². The van der Waals surface area contributed by atoms with Gasteiger partial charge in [0.2, 0.25) is 0 Å². The van der Waals surface area contributed by atoms with E-state index in [4.69, 9.17) is 18.6 Å². The minimum absolute atomic E-state index is 0.221. The maximum atomic E-state index is 12.9. The number of nitrogens with zero attached hydrogens (tertiary/aromatic N) is 1. The van der Waals surface area contributed by atoms with E-state index in [2.05, 4.69) is 36.2 Å². The Morgan fingerprint density at radius 3 is 2.03 bits per heavy atom. The summed E-state index contributed by atoms with van der Waals surface area (Å²) >= 11 is 0. The number of benzene rings is 3. The first kappa shape index (κ1) is 25.7. The van der Waals surface area contributed by atoms with E-state index in [0.29, 0.717) is 35.1 Å². The second kappa shape index (κ2) is 11.6. The van der Waals surface area contributed by atoms with Crippen LogP contribution in [0, 0.1) is 0 Å². The number of hydrogen-bond acceptors (Lipinski definition) is 6. The van der Waals surface area contributed by atoms with Crippen molar-refractivity contribution in [3.8, 4) is 17.2 Å². The lowest BCUT2D eigenvalue weighted by molar-refractivity contribution is 0.0995. The summed E-state index contributed by atoms with van der Waals surface area (Å²) in [7, 11) is 4.76. The molecule has 4 rings (SSSR count). The van der Waals surface area contributed by atoms with Gasteiger partial charge in [-0.25, -0.2) is 0 Å². The number of methoxy groups -OCH3 is 3. The maximum Gasteiger partial charge on any atom is 0.291 e. The van der Waals surface area contributed by atoms with Crippen molar-refractivity contribution in [2.24, 2.45) is 0 Å². The van der Waals surface area contributed by atoms with E-state index in [9.17, 15) is 4.79 Å². The van der Waals surface area contributed by atoms with Gasteiger partial charge in [0.25, 0.3) is 5.91 Å². The van der Waals surface area contributed by atoms with E-state index in [1.807, 2.05) is 42.5 Å². The molecule has 0 unspecified atom stereocenters. The molecule has 0 aliphatic carbocycles. The molecular weight excluding hydrogens is 468 g/mol. The van der Waals surface area contributed by atoms with E-state index < -0.39 is 0 Å². The highest BCUT2D eigenvalue weighted by molar-refractivity contribution is 6.02. The Morgan fingerprint density at radius 2 is 1.46 bits per heavy atom. The number of anilines is 3. The molecule has 7 heteroatoms. The topological polar surface area (TPSA) is 73.2 Å². The number of carbonyl (C=O) groups excluding carboxylic acids is 1. The molecule has 0 spiro atoms. The van der Waals surface area contributed by atoms with Crippen molar-refractivity contribution in [1.29, 1.82) is 0 Å². The summed E-state index contributed by atoms with van der Waals surface area (Å²) in [6.07, 6.45) is 0.392. The summed E-state index contributed by atoms with van der Waals surface area (Å²) in [4.78, 5) is 15.1. The minimum Gasteiger partial charge on any atom is -0.496 e. The first-order valence-electron chi connectivity index (χ1n) is 12.1. The van der Waals surface area contributed by atoms with Gasteiger partial charge >= 0.3 is 0 Å². The van der Waals surface area contributed by atoms with Crippen LogP contribution < -0.4 is 24.4 Å². The van der Waals surface area contributed by atoms with E-state index in [1.165, 1.54) is 0 Å². The van der Waals surface area contributed by atoms with Crippen molar-refractivity contribution in [1.82, 2.24) is 0 Å². The van der Waals surface area contributed by atoms with Gasteiger partial charge in [0.15, 0.2) is 5.76 Å². The van der Waals surface area contributed by atoms with Crippen LogP contribution in [0.2, 0.25) is 0 Å². The summed E-state index contributed by atoms with van der Waals surface area (Å²) in [6, 6.07) is 25.3. The molecule has 0 aliphatic rings. The van der Waals surface area contributed by atoms with Crippen LogP contribution in [0.15, 0.2) is 83.3 Å². The number of carbonyl (C=O) groups is 1. The van der Waals surface area contributed by atoms with Crippen LogP contribution in [0.3, 0.4) is 0 Å². The number of furan rings is 1. The molecule has 3 aromatic carbocycles. The number of nitrogens with one attached hydrogen (secondary N) is 1. The quantitative estimate of drug-likeness (QED) is 0.261. The molecule has 7 nitrogen and oxygen atoms in total. The fraction of sp³-hybridized carbons (Fsp3) is 0.233. The summed E-state index contributed by atoms with van der Waals surface area (Å²) in [5, 5.41) is 2.91. The zero-order valence-corrected chi connectivity index (χ0v) is 21.8. The number of ether oxygens (including phenoxy) is 3. The average molecular weight is 501 g/mol. The van der Waals surface area contributed by atoms with Gasteiger partial charge in [0.05, 0.1) is 21.3 Å². The summed E-state index contributed by atoms with van der Waals surface area (Å²) < 4.78 is 22.2. The van der Waals surface area contributed by atoms with E-state index in [-0.39, 0.29) is 17.7 Å². The molecular formula is C30H32N2O5. The molecule has 1 N–H and O–H groups in total. The van der Waals surface area contributed by atoms with Crippen LogP contribution in [-0.2, 0) is 6.42 Å². The Morgan fingerprint density at radius 1 is 0.838 bits per heavy atom. The van der Waals surface area contributed by atoms with Gasteiger partial charge in [-0.2, -0.15) is 0 Å². The zero-order valence-electron chi connectivity index (χ0n) is 21.8. The minimum atomic E-state index is -0.323. The molecule has 0 saturated carbocycles. The number of rotatable bonds is 10. The largest absolute Gasteiger partial charge is 0.496 e. The predicted molar refractivity (Wildman–Crippen MR) is 146 cm³/mol. The molecule has 192 valence electrons. The Balaban J connectivity index is 1.47. The molecule has 0 fully saturated rings. The summed E-state index contributed by atoms with van der Waals surface area (Å²) in [5.41, 5.74) is 3.64. The highest BCUT2D eigenvalue weighted by atomic mass is 16.5. The molecule has 0 atom stereocenters. The lowest BCUT2D eigenvalue weighted by Crippen LogP contribution is -2.25. The van der Waals surface area contributed by atoms with Crippen LogP contribution in [0.25, 0.3) is 0 Å². The lowest BCUT2D eigenvalue weighted by Gasteiger charge is -2.29. The molecule has 0 aliphatic heterocycles. The third-order valence-electron chi connectivity index (χ3n) is 6.01. The highest BCUT2D eigenvalue weighted by Crippen LogP contribution is 2.36. The van der Waals surface area contributed by atoms with Gasteiger partial charge in [-0.15, -0.1) is 0 Å². The second-order valence-electron chi connectivity index (χ2n) is 8.75. The molecule has 37 heavy (non-hydrogen) atoms. The molecule has 0 radical (unpaired) electrons.